The van der Waals surface area contributed by atoms with E-state index in [0.29, 0.717) is 41.3 Å². The zero-order valence-corrected chi connectivity index (χ0v) is 18.9. The van der Waals surface area contributed by atoms with Crippen molar-refractivity contribution in [2.24, 2.45) is 4.99 Å². The second-order valence-electron chi connectivity index (χ2n) is 8.11. The van der Waals surface area contributed by atoms with E-state index in [1.54, 1.807) is 36.8 Å². The van der Waals surface area contributed by atoms with Gasteiger partial charge < -0.3 is 25.5 Å². The van der Waals surface area contributed by atoms with Crippen molar-refractivity contribution in [3.8, 4) is 34.1 Å². The first-order chi connectivity index (χ1) is 17.0. The van der Waals surface area contributed by atoms with E-state index in [-0.39, 0.29) is 17.4 Å². The molecule has 0 radical (unpaired) electrons. The fraction of sp³-hybridized carbons (Fsp3) is 0.200. The third-order valence-corrected chi connectivity index (χ3v) is 5.84. The van der Waals surface area contributed by atoms with E-state index < -0.39 is 11.7 Å². The van der Waals surface area contributed by atoms with E-state index >= 15 is 0 Å². The highest BCUT2D eigenvalue weighted by Crippen LogP contribution is 2.35. The lowest BCUT2D eigenvalue weighted by Crippen LogP contribution is -2.28. The maximum Gasteiger partial charge on any atom is 0.254 e. The van der Waals surface area contributed by atoms with E-state index in [0.717, 1.165) is 17.7 Å². The van der Waals surface area contributed by atoms with Crippen LogP contribution < -0.4 is 15.4 Å². The monoisotopic (exact) mass is 474 g/mol. The molecule has 0 saturated carbocycles. The molecule has 9 nitrogen and oxygen atoms in total. The van der Waals surface area contributed by atoms with E-state index in [1.165, 1.54) is 19.2 Å². The van der Waals surface area contributed by atoms with Crippen LogP contribution in [0.4, 0.5) is 4.39 Å². The first-order valence-corrected chi connectivity index (χ1v) is 11.1. The van der Waals surface area contributed by atoms with Crippen LogP contribution >= 0.6 is 0 Å². The molecular weight excluding hydrogens is 451 g/mol. The molecule has 178 valence electrons. The van der Waals surface area contributed by atoms with Gasteiger partial charge in [-0.05, 0) is 42.3 Å². The summed E-state index contributed by atoms with van der Waals surface area (Å²) in [6.07, 6.45) is 3.93. The number of hydrogen-bond donors (Lipinski definition) is 4. The Balaban J connectivity index is 1.43. The van der Waals surface area contributed by atoms with Gasteiger partial charge in [0, 0.05) is 30.9 Å². The molecule has 0 fully saturated rings. The van der Waals surface area contributed by atoms with Crippen molar-refractivity contribution in [3.63, 3.8) is 0 Å². The first kappa shape index (κ1) is 22.3. The van der Waals surface area contributed by atoms with Gasteiger partial charge in [0.05, 0.1) is 41.7 Å². The van der Waals surface area contributed by atoms with Gasteiger partial charge in [0.25, 0.3) is 5.91 Å². The third-order valence-electron chi connectivity index (χ3n) is 5.84. The largest absolute Gasteiger partial charge is 0.507 e. The van der Waals surface area contributed by atoms with Gasteiger partial charge in [-0.1, -0.05) is 6.07 Å². The Morgan fingerprint density at radius 1 is 1.26 bits per heavy atom. The lowest BCUT2D eigenvalue weighted by molar-refractivity contribution is 0.0949. The van der Waals surface area contributed by atoms with Gasteiger partial charge in [0.15, 0.2) is 0 Å². The Bertz CT molecular complexity index is 1430. The van der Waals surface area contributed by atoms with E-state index in [1.807, 2.05) is 6.07 Å². The predicted octanol–water partition coefficient (Wildman–Crippen LogP) is 3.27. The van der Waals surface area contributed by atoms with Crippen molar-refractivity contribution in [2.45, 2.75) is 12.5 Å². The summed E-state index contributed by atoms with van der Waals surface area (Å²) < 4.78 is 20.1. The lowest BCUT2D eigenvalue weighted by Gasteiger charge is -2.09. The zero-order chi connectivity index (χ0) is 24.4. The van der Waals surface area contributed by atoms with E-state index in [4.69, 9.17) is 4.74 Å². The third kappa shape index (κ3) is 4.50. The molecule has 0 bridgehead atoms. The number of aromatic nitrogens is 3. The van der Waals surface area contributed by atoms with Crippen LogP contribution in [0.1, 0.15) is 16.8 Å². The highest BCUT2D eigenvalue weighted by Gasteiger charge is 2.18. The Kier molecular flexibility index (Phi) is 6.01. The molecule has 5 rings (SSSR count). The summed E-state index contributed by atoms with van der Waals surface area (Å²) in [7, 11) is 1.54. The second-order valence-corrected chi connectivity index (χ2v) is 8.11. The Morgan fingerprint density at radius 3 is 2.94 bits per heavy atom. The smallest absolute Gasteiger partial charge is 0.254 e. The summed E-state index contributed by atoms with van der Waals surface area (Å²) >= 11 is 0. The number of H-pyrrole nitrogens is 1. The Labute approximate surface area is 200 Å². The molecule has 10 heteroatoms. The molecule has 1 atom stereocenters. The number of rotatable bonds is 7. The standard InChI is InChI=1S/C25H23FN6O3/c1-35-25-16(3-2-7-29-25)14-4-5-22(33)18(9-14)23-31-20-10-17(19(26)11-21(20)32-23)24(34)28-8-6-15-12-27-13-30-15/h2-5,7,9-11,13,15,33H,6,8,12H2,1H3,(H,27,30)(H,28,34)(H,31,32). The normalized spacial score (nSPS) is 14.7. The number of fused-ring (bicyclic) bond motifs is 1. The number of phenolic OH excluding ortho intramolecular Hbond substituents is 1. The molecule has 0 aliphatic carbocycles. The summed E-state index contributed by atoms with van der Waals surface area (Å²) in [4.78, 5) is 28.6. The van der Waals surface area contributed by atoms with Crippen LogP contribution in [0.5, 0.6) is 11.6 Å². The molecule has 4 N–H and O–H groups in total. The molecule has 2 aromatic carbocycles. The molecule has 4 aromatic rings. The van der Waals surface area contributed by atoms with Gasteiger partial charge in [0.1, 0.15) is 17.4 Å². The highest BCUT2D eigenvalue weighted by molar-refractivity contribution is 5.98. The van der Waals surface area contributed by atoms with E-state index in [9.17, 15) is 14.3 Å². The van der Waals surface area contributed by atoms with Crippen LogP contribution in [0.15, 0.2) is 53.7 Å². The molecule has 35 heavy (non-hydrogen) atoms. The number of ether oxygens (including phenoxy) is 1. The molecule has 1 unspecified atom stereocenters. The summed E-state index contributed by atoms with van der Waals surface area (Å²) in [5, 5.41) is 16.3. The minimum atomic E-state index is -0.663. The number of methoxy groups -OCH3 is 1. The molecule has 1 aliphatic heterocycles. The molecule has 0 spiro atoms. The van der Waals surface area contributed by atoms with Crippen LogP contribution in [0.3, 0.4) is 0 Å². The summed E-state index contributed by atoms with van der Waals surface area (Å²) in [6, 6.07) is 11.4. The number of hydrogen-bond acceptors (Lipinski definition) is 7. The van der Waals surface area contributed by atoms with Crippen LogP contribution in [-0.4, -0.2) is 58.5 Å². The van der Waals surface area contributed by atoms with Gasteiger partial charge in [0.2, 0.25) is 5.88 Å². The van der Waals surface area contributed by atoms with Crippen molar-refractivity contribution < 1.29 is 19.0 Å². The topological polar surface area (TPSA) is 125 Å². The van der Waals surface area contributed by atoms with Crippen LogP contribution in [-0.2, 0) is 0 Å². The Hall–Kier alpha value is -4.47. The number of aromatic amines is 1. The maximum absolute atomic E-state index is 14.7. The summed E-state index contributed by atoms with van der Waals surface area (Å²) in [6.45, 7) is 1.11. The predicted molar refractivity (Wildman–Crippen MR) is 130 cm³/mol. The number of nitrogens with one attached hydrogen (secondary N) is 3. The number of imidazole rings is 1. The number of carbonyl (C=O) groups excluding carboxylic acids is 1. The fourth-order valence-electron chi connectivity index (χ4n) is 4.02. The van der Waals surface area contributed by atoms with Gasteiger partial charge in [-0.15, -0.1) is 0 Å². The summed E-state index contributed by atoms with van der Waals surface area (Å²) in [5.41, 5.74) is 2.64. The molecule has 1 amide bonds. The number of phenols is 1. The minimum Gasteiger partial charge on any atom is -0.507 e. The minimum absolute atomic E-state index is 0.00170. The van der Waals surface area contributed by atoms with Gasteiger partial charge in [-0.25, -0.2) is 14.4 Å². The molecular formula is C25H23FN6O3. The molecule has 0 saturated heterocycles. The van der Waals surface area contributed by atoms with Crippen LogP contribution in [0.25, 0.3) is 33.5 Å². The maximum atomic E-state index is 14.7. The van der Waals surface area contributed by atoms with Crippen LogP contribution in [0, 0.1) is 5.82 Å². The fourth-order valence-corrected chi connectivity index (χ4v) is 4.02. The molecule has 2 aromatic heterocycles. The molecule has 3 heterocycles. The lowest BCUT2D eigenvalue weighted by atomic mass is 10.0. The first-order valence-electron chi connectivity index (χ1n) is 11.1. The number of carbonyl (C=O) groups is 1. The molecule has 1 aliphatic rings. The Morgan fingerprint density at radius 2 is 2.14 bits per heavy atom. The van der Waals surface area contributed by atoms with Gasteiger partial charge in [-0.3, -0.25) is 9.79 Å². The zero-order valence-electron chi connectivity index (χ0n) is 18.9. The average molecular weight is 474 g/mol. The number of halogens is 1. The quantitative estimate of drug-likeness (QED) is 0.326. The average Bonchev–Trinajstić information content (AvgIpc) is 3.53. The number of aliphatic imine (C=N–C) groups is 1. The van der Waals surface area contributed by atoms with Crippen molar-refractivity contribution in [2.75, 3.05) is 20.2 Å². The number of pyridine rings is 1. The van der Waals surface area contributed by atoms with Crippen molar-refractivity contribution in [3.05, 3.63) is 60.0 Å². The van der Waals surface area contributed by atoms with Crippen molar-refractivity contribution in [1.29, 1.82) is 0 Å². The van der Waals surface area contributed by atoms with E-state index in [2.05, 4.69) is 30.6 Å². The number of nitrogens with zero attached hydrogens (tertiary/aromatic N) is 3. The second kappa shape index (κ2) is 9.41. The van der Waals surface area contributed by atoms with Crippen LogP contribution in [0.2, 0.25) is 0 Å². The number of amides is 1. The highest BCUT2D eigenvalue weighted by atomic mass is 19.1. The van der Waals surface area contributed by atoms with Gasteiger partial charge >= 0.3 is 0 Å². The van der Waals surface area contributed by atoms with Crippen molar-refractivity contribution in [1.82, 2.24) is 25.6 Å². The SMILES string of the molecule is COc1ncccc1-c1ccc(O)c(-c2nc3cc(C(=O)NCCC4CNC=N4)c(F)cc3[nH]2)c1. The van der Waals surface area contributed by atoms with Gasteiger partial charge in [-0.2, -0.15) is 0 Å². The summed E-state index contributed by atoms with van der Waals surface area (Å²) in [5.74, 6) is -0.396. The number of aromatic hydroxyl groups is 1. The van der Waals surface area contributed by atoms with Crippen molar-refractivity contribution >= 4 is 23.3 Å². The number of benzene rings is 2.